The Morgan fingerprint density at radius 2 is 2.03 bits per heavy atom. The summed E-state index contributed by atoms with van der Waals surface area (Å²) in [7, 11) is 0. The first-order valence-electron chi connectivity index (χ1n) is 10.2. The molecular formula is C23H26N2O4. The highest BCUT2D eigenvalue weighted by molar-refractivity contribution is 6.04. The number of rotatable bonds is 7. The molecule has 0 radical (unpaired) electrons. The van der Waals surface area contributed by atoms with Crippen LogP contribution in [0.3, 0.4) is 0 Å². The molecule has 6 nitrogen and oxygen atoms in total. The molecule has 6 heteroatoms. The van der Waals surface area contributed by atoms with Crippen molar-refractivity contribution >= 4 is 17.5 Å². The van der Waals surface area contributed by atoms with Crippen molar-refractivity contribution in [3.63, 3.8) is 0 Å². The van der Waals surface area contributed by atoms with Crippen LogP contribution < -0.4 is 10.1 Å². The van der Waals surface area contributed by atoms with Gasteiger partial charge in [-0.05, 0) is 61.2 Å². The van der Waals surface area contributed by atoms with Crippen LogP contribution >= 0.6 is 0 Å². The second kappa shape index (κ2) is 9.09. The molecule has 2 saturated heterocycles. The summed E-state index contributed by atoms with van der Waals surface area (Å²) in [5, 5.41) is 2.93. The van der Waals surface area contributed by atoms with E-state index in [1.54, 1.807) is 24.3 Å². The fourth-order valence-electron chi connectivity index (χ4n) is 3.71. The second-order valence-electron chi connectivity index (χ2n) is 7.54. The van der Waals surface area contributed by atoms with E-state index < -0.39 is 0 Å². The zero-order valence-electron chi connectivity index (χ0n) is 16.4. The molecule has 1 unspecified atom stereocenters. The summed E-state index contributed by atoms with van der Waals surface area (Å²) in [6.07, 6.45) is 3.83. The molecular weight excluding hydrogens is 368 g/mol. The van der Waals surface area contributed by atoms with E-state index in [1.807, 2.05) is 29.2 Å². The van der Waals surface area contributed by atoms with E-state index in [4.69, 9.17) is 9.47 Å². The molecule has 4 rings (SSSR count). The standard InChI is InChI=1S/C23H26N2O4/c26-22-7-2-12-25(22)15-17-4-1-5-19(14-17)24-23(27)18-8-10-20(11-9-18)29-16-21-6-3-13-28-21/h1,4-5,8-11,14,21H,2-3,6-7,12-13,15-16H2,(H,24,27). The highest BCUT2D eigenvalue weighted by Crippen LogP contribution is 2.19. The van der Waals surface area contributed by atoms with Crippen molar-refractivity contribution in [2.45, 2.75) is 38.3 Å². The maximum atomic E-state index is 12.6. The highest BCUT2D eigenvalue weighted by Gasteiger charge is 2.20. The summed E-state index contributed by atoms with van der Waals surface area (Å²) >= 11 is 0. The van der Waals surface area contributed by atoms with Crippen LogP contribution in [0.2, 0.25) is 0 Å². The smallest absolute Gasteiger partial charge is 0.255 e. The lowest BCUT2D eigenvalue weighted by Crippen LogP contribution is -2.23. The molecule has 0 aliphatic carbocycles. The normalized spacial score (nSPS) is 18.8. The van der Waals surface area contributed by atoms with E-state index in [9.17, 15) is 9.59 Å². The van der Waals surface area contributed by atoms with E-state index in [2.05, 4.69) is 5.32 Å². The summed E-state index contributed by atoms with van der Waals surface area (Å²) in [5.74, 6) is 0.751. The van der Waals surface area contributed by atoms with Gasteiger partial charge in [0.1, 0.15) is 12.4 Å². The van der Waals surface area contributed by atoms with Gasteiger partial charge in [-0.2, -0.15) is 0 Å². The fraction of sp³-hybridized carbons (Fsp3) is 0.391. The average molecular weight is 394 g/mol. The van der Waals surface area contributed by atoms with Crippen LogP contribution in [0.1, 0.15) is 41.6 Å². The van der Waals surface area contributed by atoms with Crippen molar-refractivity contribution in [1.29, 1.82) is 0 Å². The van der Waals surface area contributed by atoms with Gasteiger partial charge in [-0.3, -0.25) is 9.59 Å². The number of likely N-dealkylation sites (tertiary alicyclic amines) is 1. The molecule has 2 fully saturated rings. The number of hydrogen-bond acceptors (Lipinski definition) is 4. The number of carbonyl (C=O) groups is 2. The first-order chi connectivity index (χ1) is 14.2. The predicted molar refractivity (Wildman–Crippen MR) is 110 cm³/mol. The fourth-order valence-corrected chi connectivity index (χ4v) is 3.71. The van der Waals surface area contributed by atoms with Crippen LogP contribution in [0.25, 0.3) is 0 Å². The number of amides is 2. The lowest BCUT2D eigenvalue weighted by Gasteiger charge is -2.16. The molecule has 0 saturated carbocycles. The molecule has 2 aliphatic heterocycles. The van der Waals surface area contributed by atoms with Crippen LogP contribution in [0.5, 0.6) is 5.75 Å². The molecule has 1 atom stereocenters. The van der Waals surface area contributed by atoms with E-state index in [0.29, 0.717) is 25.1 Å². The SMILES string of the molecule is O=C(Nc1cccc(CN2CCCC2=O)c1)c1ccc(OCC2CCCO2)cc1. The largest absolute Gasteiger partial charge is 0.491 e. The van der Waals surface area contributed by atoms with Gasteiger partial charge in [0.15, 0.2) is 0 Å². The lowest BCUT2D eigenvalue weighted by molar-refractivity contribution is -0.128. The molecule has 2 aliphatic rings. The van der Waals surface area contributed by atoms with Crippen LogP contribution in [0.4, 0.5) is 5.69 Å². The maximum absolute atomic E-state index is 12.6. The number of benzene rings is 2. The van der Waals surface area contributed by atoms with Gasteiger partial charge in [0.05, 0.1) is 6.10 Å². The number of nitrogens with one attached hydrogen (secondary N) is 1. The van der Waals surface area contributed by atoms with Crippen molar-refractivity contribution in [3.05, 3.63) is 59.7 Å². The zero-order chi connectivity index (χ0) is 20.1. The Balaban J connectivity index is 1.32. The summed E-state index contributed by atoms with van der Waals surface area (Å²) in [5.41, 5.74) is 2.29. The molecule has 0 spiro atoms. The van der Waals surface area contributed by atoms with Gasteiger partial charge in [-0.1, -0.05) is 12.1 Å². The van der Waals surface area contributed by atoms with Crippen molar-refractivity contribution in [3.8, 4) is 5.75 Å². The maximum Gasteiger partial charge on any atom is 0.255 e. The van der Waals surface area contributed by atoms with Gasteiger partial charge in [0.2, 0.25) is 5.91 Å². The Morgan fingerprint density at radius 1 is 1.17 bits per heavy atom. The average Bonchev–Trinajstić information content (AvgIpc) is 3.39. The van der Waals surface area contributed by atoms with Crippen LogP contribution in [-0.2, 0) is 16.1 Å². The van der Waals surface area contributed by atoms with Crippen molar-refractivity contribution in [1.82, 2.24) is 4.90 Å². The Bertz CT molecular complexity index is 859. The van der Waals surface area contributed by atoms with Crippen molar-refractivity contribution < 1.29 is 19.1 Å². The van der Waals surface area contributed by atoms with Gasteiger partial charge < -0.3 is 19.7 Å². The summed E-state index contributed by atoms with van der Waals surface area (Å²) in [6, 6.07) is 14.8. The monoisotopic (exact) mass is 394 g/mol. The summed E-state index contributed by atoms with van der Waals surface area (Å²) in [4.78, 5) is 26.2. The van der Waals surface area contributed by atoms with Crippen LogP contribution in [-0.4, -0.2) is 42.6 Å². The van der Waals surface area contributed by atoms with Crippen molar-refractivity contribution in [2.24, 2.45) is 0 Å². The molecule has 2 aromatic rings. The number of anilines is 1. The predicted octanol–water partition coefficient (Wildman–Crippen LogP) is 3.62. The molecule has 2 heterocycles. The van der Waals surface area contributed by atoms with Gasteiger partial charge in [-0.25, -0.2) is 0 Å². The first kappa shape index (κ1) is 19.5. The molecule has 29 heavy (non-hydrogen) atoms. The topological polar surface area (TPSA) is 67.9 Å². The minimum absolute atomic E-state index is 0.168. The zero-order valence-corrected chi connectivity index (χ0v) is 16.4. The number of hydrogen-bond donors (Lipinski definition) is 1. The van der Waals surface area contributed by atoms with E-state index in [-0.39, 0.29) is 17.9 Å². The number of nitrogens with zero attached hydrogens (tertiary/aromatic N) is 1. The highest BCUT2D eigenvalue weighted by atomic mass is 16.5. The first-order valence-corrected chi connectivity index (χ1v) is 10.2. The van der Waals surface area contributed by atoms with Gasteiger partial charge in [-0.15, -0.1) is 0 Å². The molecule has 0 bridgehead atoms. The summed E-state index contributed by atoms with van der Waals surface area (Å²) < 4.78 is 11.3. The van der Waals surface area contributed by atoms with E-state index >= 15 is 0 Å². The van der Waals surface area contributed by atoms with Gasteiger partial charge in [0, 0.05) is 37.4 Å². The van der Waals surface area contributed by atoms with Crippen molar-refractivity contribution in [2.75, 3.05) is 25.1 Å². The molecule has 152 valence electrons. The quantitative estimate of drug-likeness (QED) is 0.779. The summed E-state index contributed by atoms with van der Waals surface area (Å²) in [6.45, 7) is 2.73. The number of carbonyl (C=O) groups excluding carboxylic acids is 2. The minimum Gasteiger partial charge on any atom is -0.491 e. The molecule has 2 aromatic carbocycles. The molecule has 1 N–H and O–H groups in total. The van der Waals surface area contributed by atoms with Crippen LogP contribution in [0, 0.1) is 0 Å². The lowest BCUT2D eigenvalue weighted by atomic mass is 10.1. The Morgan fingerprint density at radius 3 is 2.76 bits per heavy atom. The van der Waals surface area contributed by atoms with Gasteiger partial charge >= 0.3 is 0 Å². The van der Waals surface area contributed by atoms with Crippen LogP contribution in [0.15, 0.2) is 48.5 Å². The minimum atomic E-state index is -0.176. The van der Waals surface area contributed by atoms with E-state index in [1.165, 1.54) is 0 Å². The third kappa shape index (κ3) is 5.15. The Hall–Kier alpha value is -2.86. The van der Waals surface area contributed by atoms with E-state index in [0.717, 1.165) is 49.4 Å². The third-order valence-electron chi connectivity index (χ3n) is 5.31. The second-order valence-corrected chi connectivity index (χ2v) is 7.54. The Labute approximate surface area is 170 Å². The molecule has 2 amide bonds. The molecule has 0 aromatic heterocycles. The third-order valence-corrected chi connectivity index (χ3v) is 5.31. The van der Waals surface area contributed by atoms with Gasteiger partial charge in [0.25, 0.3) is 5.91 Å². The number of ether oxygens (including phenoxy) is 2. The Kier molecular flexibility index (Phi) is 6.10.